The number of aryl methyl sites for hydroxylation is 1. The van der Waals surface area contributed by atoms with Gasteiger partial charge in [0.2, 0.25) is 0 Å². The van der Waals surface area contributed by atoms with Gasteiger partial charge in [-0.2, -0.15) is 4.98 Å². The van der Waals surface area contributed by atoms with Gasteiger partial charge < -0.3 is 10.3 Å². The fraction of sp³-hybridized carbons (Fsp3) is 0.125. The lowest BCUT2D eigenvalue weighted by atomic mass is 10.1. The van der Waals surface area contributed by atoms with Crippen LogP contribution < -0.4 is 5.73 Å². The van der Waals surface area contributed by atoms with Crippen molar-refractivity contribution in [3.05, 3.63) is 59.9 Å². The molecule has 1 aromatic heterocycles. The quantitative estimate of drug-likeness (QED) is 0.584. The molecule has 0 amide bonds. The second-order valence-electron chi connectivity index (χ2n) is 4.66. The van der Waals surface area contributed by atoms with E-state index >= 15 is 0 Å². The Morgan fingerprint density at radius 1 is 1.10 bits per heavy atom. The Labute approximate surface area is 127 Å². The van der Waals surface area contributed by atoms with Gasteiger partial charge in [0.1, 0.15) is 0 Å². The average Bonchev–Trinajstić information content (AvgIpc) is 2.95. The van der Waals surface area contributed by atoms with E-state index in [1.807, 2.05) is 43.3 Å². The van der Waals surface area contributed by atoms with E-state index in [9.17, 15) is 0 Å². The van der Waals surface area contributed by atoms with Gasteiger partial charge in [0, 0.05) is 10.6 Å². The highest BCUT2D eigenvalue weighted by Gasteiger charge is 2.14. The second kappa shape index (κ2) is 6.01. The summed E-state index contributed by atoms with van der Waals surface area (Å²) < 4.78 is 5.35. The standard InChI is InChI=1S/C16H15N3OS/c1-11-6-5-9-13(17)15(11)16-18-14(19-20-16)10-21-12-7-3-2-4-8-12/h2-9H,10,17H2,1H3. The summed E-state index contributed by atoms with van der Waals surface area (Å²) in [6.45, 7) is 1.98. The van der Waals surface area contributed by atoms with Crippen LogP contribution in [-0.4, -0.2) is 10.1 Å². The number of nitrogens with zero attached hydrogens (tertiary/aromatic N) is 2. The largest absolute Gasteiger partial charge is 0.398 e. The molecule has 2 aromatic carbocycles. The van der Waals surface area contributed by atoms with E-state index in [4.69, 9.17) is 10.3 Å². The normalized spacial score (nSPS) is 10.7. The molecule has 0 aliphatic heterocycles. The SMILES string of the molecule is Cc1cccc(N)c1-c1nc(CSc2ccccc2)no1. The Morgan fingerprint density at radius 2 is 1.90 bits per heavy atom. The molecular weight excluding hydrogens is 282 g/mol. The number of nitrogen functional groups attached to an aromatic ring is 1. The topological polar surface area (TPSA) is 64.9 Å². The minimum absolute atomic E-state index is 0.481. The highest BCUT2D eigenvalue weighted by molar-refractivity contribution is 7.98. The summed E-state index contributed by atoms with van der Waals surface area (Å²) in [6, 6.07) is 15.9. The molecule has 2 N–H and O–H groups in total. The van der Waals surface area contributed by atoms with Crippen LogP contribution in [0.5, 0.6) is 0 Å². The molecule has 4 nitrogen and oxygen atoms in total. The highest BCUT2D eigenvalue weighted by atomic mass is 32.2. The third-order valence-corrected chi connectivity index (χ3v) is 4.11. The van der Waals surface area contributed by atoms with Gasteiger partial charge in [0.15, 0.2) is 5.82 Å². The summed E-state index contributed by atoms with van der Waals surface area (Å²) in [6.07, 6.45) is 0. The van der Waals surface area contributed by atoms with Crippen molar-refractivity contribution in [1.82, 2.24) is 10.1 Å². The molecule has 1 heterocycles. The first-order chi connectivity index (χ1) is 10.2. The van der Waals surface area contributed by atoms with E-state index in [1.54, 1.807) is 11.8 Å². The first kappa shape index (κ1) is 13.7. The summed E-state index contributed by atoms with van der Waals surface area (Å²) in [5.74, 6) is 1.81. The predicted octanol–water partition coefficient (Wildman–Crippen LogP) is 3.92. The van der Waals surface area contributed by atoms with Crippen molar-refractivity contribution in [2.45, 2.75) is 17.6 Å². The monoisotopic (exact) mass is 297 g/mol. The van der Waals surface area contributed by atoms with Crippen LogP contribution in [-0.2, 0) is 5.75 Å². The lowest BCUT2D eigenvalue weighted by molar-refractivity contribution is 0.425. The van der Waals surface area contributed by atoms with Crippen LogP contribution in [0.2, 0.25) is 0 Å². The molecule has 0 radical (unpaired) electrons. The van der Waals surface area contributed by atoms with E-state index in [0.717, 1.165) is 11.1 Å². The molecule has 5 heteroatoms. The Hall–Kier alpha value is -2.27. The average molecular weight is 297 g/mol. The summed E-state index contributed by atoms with van der Waals surface area (Å²) >= 11 is 1.67. The minimum atomic E-state index is 0.481. The van der Waals surface area contributed by atoms with E-state index in [1.165, 1.54) is 4.90 Å². The number of nitrogens with two attached hydrogens (primary N) is 1. The summed E-state index contributed by atoms with van der Waals surface area (Å²) in [4.78, 5) is 5.62. The molecular formula is C16H15N3OS. The van der Waals surface area contributed by atoms with Crippen LogP contribution in [0.15, 0.2) is 57.9 Å². The minimum Gasteiger partial charge on any atom is -0.398 e. The lowest BCUT2D eigenvalue weighted by Gasteiger charge is -2.03. The van der Waals surface area contributed by atoms with Gasteiger partial charge in [-0.05, 0) is 30.7 Å². The van der Waals surface area contributed by atoms with Crippen molar-refractivity contribution in [2.75, 3.05) is 5.73 Å². The molecule has 3 aromatic rings. The highest BCUT2D eigenvalue weighted by Crippen LogP contribution is 2.29. The van der Waals surface area contributed by atoms with Gasteiger partial charge in [0.25, 0.3) is 5.89 Å². The molecule has 3 rings (SSSR count). The molecule has 0 aliphatic carbocycles. The second-order valence-corrected chi connectivity index (χ2v) is 5.71. The first-order valence-electron chi connectivity index (χ1n) is 6.60. The zero-order valence-corrected chi connectivity index (χ0v) is 12.4. The van der Waals surface area contributed by atoms with Crippen LogP contribution in [0, 0.1) is 6.92 Å². The van der Waals surface area contributed by atoms with Gasteiger partial charge in [0.05, 0.1) is 11.3 Å². The molecule has 0 bridgehead atoms. The Bertz CT molecular complexity index is 720. The number of rotatable bonds is 4. The molecule has 0 saturated heterocycles. The molecule has 21 heavy (non-hydrogen) atoms. The summed E-state index contributed by atoms with van der Waals surface area (Å²) in [7, 11) is 0. The van der Waals surface area contributed by atoms with Crippen molar-refractivity contribution < 1.29 is 4.52 Å². The van der Waals surface area contributed by atoms with Gasteiger partial charge in [-0.3, -0.25) is 0 Å². The molecule has 0 aliphatic rings. The zero-order chi connectivity index (χ0) is 14.7. The number of hydrogen-bond donors (Lipinski definition) is 1. The van der Waals surface area contributed by atoms with Crippen molar-refractivity contribution >= 4 is 17.4 Å². The molecule has 0 fully saturated rings. The van der Waals surface area contributed by atoms with Crippen molar-refractivity contribution in [3.63, 3.8) is 0 Å². The lowest BCUT2D eigenvalue weighted by Crippen LogP contribution is -1.93. The Morgan fingerprint density at radius 3 is 2.67 bits per heavy atom. The molecule has 0 spiro atoms. The van der Waals surface area contributed by atoms with E-state index in [0.29, 0.717) is 23.2 Å². The zero-order valence-electron chi connectivity index (χ0n) is 11.6. The fourth-order valence-electron chi connectivity index (χ4n) is 2.06. The van der Waals surface area contributed by atoms with Crippen LogP contribution in [0.25, 0.3) is 11.5 Å². The van der Waals surface area contributed by atoms with E-state index < -0.39 is 0 Å². The molecule has 0 atom stereocenters. The van der Waals surface area contributed by atoms with Crippen LogP contribution in [0.3, 0.4) is 0 Å². The third kappa shape index (κ3) is 3.08. The van der Waals surface area contributed by atoms with Gasteiger partial charge in [-0.25, -0.2) is 0 Å². The van der Waals surface area contributed by atoms with Crippen molar-refractivity contribution in [1.29, 1.82) is 0 Å². The maximum absolute atomic E-state index is 5.99. The number of hydrogen-bond acceptors (Lipinski definition) is 5. The third-order valence-electron chi connectivity index (χ3n) is 3.10. The van der Waals surface area contributed by atoms with Crippen molar-refractivity contribution in [2.24, 2.45) is 0 Å². The first-order valence-corrected chi connectivity index (χ1v) is 7.58. The van der Waals surface area contributed by atoms with Crippen LogP contribution in [0.4, 0.5) is 5.69 Å². The summed E-state index contributed by atoms with van der Waals surface area (Å²) in [5.41, 5.74) is 8.50. The number of benzene rings is 2. The molecule has 106 valence electrons. The van der Waals surface area contributed by atoms with Gasteiger partial charge in [-0.1, -0.05) is 35.5 Å². The maximum Gasteiger partial charge on any atom is 0.260 e. The molecule has 0 saturated carbocycles. The van der Waals surface area contributed by atoms with E-state index in [-0.39, 0.29) is 0 Å². The van der Waals surface area contributed by atoms with Crippen LogP contribution >= 0.6 is 11.8 Å². The fourth-order valence-corrected chi connectivity index (χ4v) is 2.82. The number of thioether (sulfide) groups is 1. The maximum atomic E-state index is 5.99. The Balaban J connectivity index is 1.78. The van der Waals surface area contributed by atoms with Gasteiger partial charge >= 0.3 is 0 Å². The van der Waals surface area contributed by atoms with Crippen LogP contribution in [0.1, 0.15) is 11.4 Å². The molecule has 0 unspecified atom stereocenters. The predicted molar refractivity (Wildman–Crippen MR) is 84.9 cm³/mol. The van der Waals surface area contributed by atoms with Crippen molar-refractivity contribution in [3.8, 4) is 11.5 Å². The smallest absolute Gasteiger partial charge is 0.260 e. The number of aromatic nitrogens is 2. The van der Waals surface area contributed by atoms with Gasteiger partial charge in [-0.15, -0.1) is 11.8 Å². The summed E-state index contributed by atoms with van der Waals surface area (Å²) in [5, 5.41) is 4.03. The van der Waals surface area contributed by atoms with E-state index in [2.05, 4.69) is 22.3 Å². The number of anilines is 1. The Kier molecular flexibility index (Phi) is 3.92.